The van der Waals surface area contributed by atoms with Gasteiger partial charge in [0.2, 0.25) is 17.7 Å². The standard InChI is InChI=1S/C28H33N5O4/c1-4-21(34)12-6-5-7-14-24(31-26(35)19(2)33-16-10-15-30-33)28-29-18-25(37-28)22-17-20-11-8-9-13-23(20)32-27(22)36-3/h8-11,13,15-19,24H,4-7,12,14H2,1-3H3,(H,31,35). The first-order valence-electron chi connectivity index (χ1n) is 12.7. The number of ether oxygens (including phenoxy) is 1. The Morgan fingerprint density at radius 1 is 1.16 bits per heavy atom. The van der Waals surface area contributed by atoms with Crippen molar-refractivity contribution >= 4 is 22.6 Å². The van der Waals surface area contributed by atoms with Crippen LogP contribution < -0.4 is 10.1 Å². The Balaban J connectivity index is 1.54. The van der Waals surface area contributed by atoms with Crippen LogP contribution >= 0.6 is 0 Å². The summed E-state index contributed by atoms with van der Waals surface area (Å²) < 4.78 is 13.3. The van der Waals surface area contributed by atoms with Gasteiger partial charge in [0.15, 0.2) is 5.76 Å². The number of nitrogens with one attached hydrogen (secondary N) is 1. The third kappa shape index (κ3) is 6.41. The van der Waals surface area contributed by atoms with Crippen molar-refractivity contribution in [1.29, 1.82) is 0 Å². The number of pyridine rings is 1. The van der Waals surface area contributed by atoms with Crippen molar-refractivity contribution in [2.75, 3.05) is 7.11 Å². The highest BCUT2D eigenvalue weighted by atomic mass is 16.5. The Kier molecular flexibility index (Phi) is 8.66. The number of hydrogen-bond acceptors (Lipinski definition) is 7. The minimum absolute atomic E-state index is 0.181. The van der Waals surface area contributed by atoms with Crippen molar-refractivity contribution in [1.82, 2.24) is 25.1 Å². The summed E-state index contributed by atoms with van der Waals surface area (Å²) >= 11 is 0. The lowest BCUT2D eigenvalue weighted by Crippen LogP contribution is -2.34. The fraction of sp³-hybridized carbons (Fsp3) is 0.393. The summed E-state index contributed by atoms with van der Waals surface area (Å²) in [5, 5.41) is 8.22. The topological polar surface area (TPSA) is 112 Å². The van der Waals surface area contributed by atoms with Crippen LogP contribution in [0.25, 0.3) is 22.2 Å². The quantitative estimate of drug-likeness (QED) is 0.242. The van der Waals surface area contributed by atoms with E-state index in [-0.39, 0.29) is 11.7 Å². The van der Waals surface area contributed by atoms with Gasteiger partial charge >= 0.3 is 0 Å². The molecule has 0 saturated carbocycles. The Bertz CT molecular complexity index is 1330. The van der Waals surface area contributed by atoms with Crippen molar-refractivity contribution in [3.8, 4) is 17.2 Å². The van der Waals surface area contributed by atoms with Crippen LogP contribution in [0.2, 0.25) is 0 Å². The molecule has 4 rings (SSSR count). The highest BCUT2D eigenvalue weighted by Crippen LogP contribution is 2.33. The molecule has 37 heavy (non-hydrogen) atoms. The molecule has 194 valence electrons. The molecule has 3 aromatic heterocycles. The average molecular weight is 504 g/mol. The van der Waals surface area contributed by atoms with Gasteiger partial charge in [-0.3, -0.25) is 14.3 Å². The van der Waals surface area contributed by atoms with Crippen molar-refractivity contribution in [2.45, 2.75) is 64.5 Å². The van der Waals surface area contributed by atoms with Crippen LogP contribution in [0.15, 0.2) is 59.4 Å². The number of carbonyl (C=O) groups excluding carboxylic acids is 2. The molecule has 0 saturated heterocycles. The highest BCUT2D eigenvalue weighted by Gasteiger charge is 2.25. The first-order chi connectivity index (χ1) is 18.0. The van der Waals surface area contributed by atoms with Crippen LogP contribution in [0.3, 0.4) is 0 Å². The molecule has 9 heteroatoms. The molecule has 1 N–H and O–H groups in total. The Labute approximate surface area is 216 Å². The Morgan fingerprint density at radius 2 is 2.00 bits per heavy atom. The van der Waals surface area contributed by atoms with Gasteiger partial charge in [0, 0.05) is 30.6 Å². The van der Waals surface area contributed by atoms with Crippen LogP contribution in [0, 0.1) is 0 Å². The number of hydrogen-bond donors (Lipinski definition) is 1. The van der Waals surface area contributed by atoms with Crippen LogP contribution in [-0.2, 0) is 9.59 Å². The predicted octanol–water partition coefficient (Wildman–Crippen LogP) is 5.44. The van der Waals surface area contributed by atoms with E-state index in [0.29, 0.717) is 42.4 Å². The zero-order valence-corrected chi connectivity index (χ0v) is 21.5. The number of para-hydroxylation sites is 1. The van der Waals surface area contributed by atoms with Crippen molar-refractivity contribution in [2.24, 2.45) is 0 Å². The van der Waals surface area contributed by atoms with Gasteiger partial charge in [-0.25, -0.2) is 9.97 Å². The largest absolute Gasteiger partial charge is 0.480 e. The summed E-state index contributed by atoms with van der Waals surface area (Å²) in [4.78, 5) is 33.8. The molecule has 1 amide bonds. The van der Waals surface area contributed by atoms with E-state index < -0.39 is 12.1 Å². The van der Waals surface area contributed by atoms with Gasteiger partial charge in [0.1, 0.15) is 17.9 Å². The van der Waals surface area contributed by atoms with Crippen LogP contribution in [0.4, 0.5) is 0 Å². The second-order valence-corrected chi connectivity index (χ2v) is 9.02. The molecule has 1 aromatic carbocycles. The number of amides is 1. The molecule has 0 spiro atoms. The summed E-state index contributed by atoms with van der Waals surface area (Å²) in [6.45, 7) is 3.68. The molecule has 3 heterocycles. The van der Waals surface area contributed by atoms with E-state index in [2.05, 4.69) is 20.4 Å². The molecule has 0 aliphatic heterocycles. The van der Waals surface area contributed by atoms with Gasteiger partial charge in [-0.1, -0.05) is 38.0 Å². The monoisotopic (exact) mass is 503 g/mol. The van der Waals surface area contributed by atoms with E-state index in [1.807, 2.05) is 37.3 Å². The zero-order valence-electron chi connectivity index (χ0n) is 21.5. The molecular weight excluding hydrogens is 470 g/mol. The molecular formula is C28H33N5O4. The number of Topliss-reactive ketones (excluding diaryl/α,β-unsaturated/α-hetero) is 1. The van der Waals surface area contributed by atoms with Crippen molar-refractivity contribution < 1.29 is 18.7 Å². The summed E-state index contributed by atoms with van der Waals surface area (Å²) in [5.74, 6) is 1.46. The minimum atomic E-state index is -0.487. The first-order valence-corrected chi connectivity index (χ1v) is 12.7. The molecule has 0 bridgehead atoms. The third-order valence-corrected chi connectivity index (χ3v) is 6.43. The Morgan fingerprint density at radius 3 is 2.76 bits per heavy atom. The van der Waals surface area contributed by atoms with Crippen molar-refractivity contribution in [3.63, 3.8) is 0 Å². The fourth-order valence-corrected chi connectivity index (χ4v) is 4.21. The van der Waals surface area contributed by atoms with Gasteiger partial charge < -0.3 is 14.5 Å². The molecule has 4 aromatic rings. The van der Waals surface area contributed by atoms with E-state index >= 15 is 0 Å². The minimum Gasteiger partial charge on any atom is -0.480 e. The highest BCUT2D eigenvalue weighted by molar-refractivity contribution is 5.85. The molecule has 0 radical (unpaired) electrons. The molecule has 0 aliphatic carbocycles. The summed E-state index contributed by atoms with van der Waals surface area (Å²) in [6.07, 6.45) is 9.34. The van der Waals surface area contributed by atoms with E-state index in [4.69, 9.17) is 9.15 Å². The Hall–Kier alpha value is -4.01. The first kappa shape index (κ1) is 26.1. The molecule has 9 nitrogen and oxygen atoms in total. The van der Waals surface area contributed by atoms with E-state index in [1.54, 1.807) is 43.4 Å². The molecule has 0 aliphatic rings. The number of nitrogens with zero attached hydrogens (tertiary/aromatic N) is 4. The van der Waals surface area contributed by atoms with Gasteiger partial charge in [0.05, 0.1) is 24.4 Å². The summed E-state index contributed by atoms with van der Waals surface area (Å²) in [7, 11) is 1.57. The van der Waals surface area contributed by atoms with Gasteiger partial charge in [-0.05, 0) is 38.0 Å². The summed E-state index contributed by atoms with van der Waals surface area (Å²) in [6, 6.07) is 10.6. The fourth-order valence-electron chi connectivity index (χ4n) is 4.21. The average Bonchev–Trinajstić information content (AvgIpc) is 3.64. The maximum Gasteiger partial charge on any atom is 0.245 e. The number of rotatable bonds is 13. The lowest BCUT2D eigenvalue weighted by atomic mass is 10.0. The number of ketones is 1. The van der Waals surface area contributed by atoms with Crippen LogP contribution in [-0.4, -0.2) is 38.5 Å². The number of benzene rings is 1. The second-order valence-electron chi connectivity index (χ2n) is 9.02. The van der Waals surface area contributed by atoms with Gasteiger partial charge in [0.25, 0.3) is 0 Å². The number of unbranched alkanes of at least 4 members (excludes halogenated alkanes) is 2. The molecule has 2 unspecified atom stereocenters. The number of fused-ring (bicyclic) bond motifs is 1. The number of methoxy groups -OCH3 is 1. The smallest absolute Gasteiger partial charge is 0.245 e. The van der Waals surface area contributed by atoms with Gasteiger partial charge in [-0.2, -0.15) is 5.10 Å². The van der Waals surface area contributed by atoms with Crippen LogP contribution in [0.1, 0.15) is 70.3 Å². The number of oxazole rings is 1. The summed E-state index contributed by atoms with van der Waals surface area (Å²) in [5.41, 5.74) is 1.51. The number of aromatic nitrogens is 4. The molecule has 0 fully saturated rings. The zero-order chi connectivity index (χ0) is 26.2. The van der Waals surface area contributed by atoms with E-state index in [9.17, 15) is 9.59 Å². The van der Waals surface area contributed by atoms with E-state index in [1.165, 1.54) is 0 Å². The molecule has 2 atom stereocenters. The SMILES string of the molecule is CCC(=O)CCCCCC(NC(=O)C(C)n1cccn1)c1ncc(-c2cc3ccccc3nc2OC)o1. The van der Waals surface area contributed by atoms with Crippen molar-refractivity contribution in [3.05, 3.63) is 60.9 Å². The maximum absolute atomic E-state index is 13.0. The second kappa shape index (κ2) is 12.3. The third-order valence-electron chi connectivity index (χ3n) is 6.43. The number of carbonyl (C=O) groups is 2. The van der Waals surface area contributed by atoms with E-state index in [0.717, 1.165) is 30.2 Å². The maximum atomic E-state index is 13.0. The van der Waals surface area contributed by atoms with Gasteiger partial charge in [-0.15, -0.1) is 0 Å². The van der Waals surface area contributed by atoms with Crippen LogP contribution in [0.5, 0.6) is 5.88 Å². The lowest BCUT2D eigenvalue weighted by molar-refractivity contribution is -0.125. The normalized spacial score (nSPS) is 12.8. The predicted molar refractivity (Wildman–Crippen MR) is 140 cm³/mol. The lowest BCUT2D eigenvalue weighted by Gasteiger charge is -2.19.